The van der Waals surface area contributed by atoms with Crippen molar-refractivity contribution in [3.8, 4) is 5.75 Å². The van der Waals surface area contributed by atoms with Gasteiger partial charge in [-0.15, -0.1) is 0 Å². The molecule has 1 amide bonds. The van der Waals surface area contributed by atoms with E-state index in [2.05, 4.69) is 5.32 Å². The summed E-state index contributed by atoms with van der Waals surface area (Å²) >= 11 is 0. The normalized spacial score (nSPS) is 16.5. The Morgan fingerprint density at radius 1 is 1.35 bits per heavy atom. The zero-order valence-electron chi connectivity index (χ0n) is 9.60. The molecule has 2 rings (SSSR count). The highest BCUT2D eigenvalue weighted by atomic mass is 16.3. The minimum atomic E-state index is -0.404. The summed E-state index contributed by atoms with van der Waals surface area (Å²) < 4.78 is 0. The Balaban J connectivity index is 1.74. The maximum absolute atomic E-state index is 11.6. The van der Waals surface area contributed by atoms with E-state index in [1.54, 1.807) is 24.3 Å². The predicted octanol–water partition coefficient (Wildman–Crippen LogP) is 0.822. The quantitative estimate of drug-likeness (QED) is 0.707. The van der Waals surface area contributed by atoms with Gasteiger partial charge in [0.05, 0.1) is 12.5 Å². The molecule has 1 unspecified atom stereocenters. The first kappa shape index (κ1) is 11.9. The van der Waals surface area contributed by atoms with Gasteiger partial charge in [-0.2, -0.15) is 0 Å². The van der Waals surface area contributed by atoms with Crippen molar-refractivity contribution in [1.82, 2.24) is 5.32 Å². The lowest BCUT2D eigenvalue weighted by Crippen LogP contribution is -2.34. The number of carbonyl (C=O) groups excluding carboxylic acids is 1. The number of aliphatic hydroxyl groups excluding tert-OH is 1. The largest absolute Gasteiger partial charge is 0.508 e. The van der Waals surface area contributed by atoms with Crippen molar-refractivity contribution in [3.63, 3.8) is 0 Å². The standard InChI is InChI=1S/C13H17NO3/c15-11-5-1-9(2-6-11)7-13(17)14-8-12(16)10-3-4-10/h1-2,5-6,10,12,15-16H,3-4,7-8H2,(H,14,17). The van der Waals surface area contributed by atoms with E-state index in [1.807, 2.05) is 0 Å². The Labute approximate surface area is 100 Å². The average Bonchev–Trinajstić information content (AvgIpc) is 3.13. The number of aromatic hydroxyl groups is 1. The summed E-state index contributed by atoms with van der Waals surface area (Å²) in [6, 6.07) is 6.54. The molecule has 3 N–H and O–H groups in total. The fraction of sp³-hybridized carbons (Fsp3) is 0.462. The van der Waals surface area contributed by atoms with Gasteiger partial charge in [0.15, 0.2) is 0 Å². The topological polar surface area (TPSA) is 69.6 Å². The maximum Gasteiger partial charge on any atom is 0.224 e. The van der Waals surface area contributed by atoms with Gasteiger partial charge in [-0.05, 0) is 36.5 Å². The number of phenolic OH excluding ortho intramolecular Hbond substituents is 1. The summed E-state index contributed by atoms with van der Waals surface area (Å²) in [6.45, 7) is 0.335. The molecule has 0 radical (unpaired) electrons. The minimum absolute atomic E-state index is 0.101. The lowest BCUT2D eigenvalue weighted by molar-refractivity contribution is -0.120. The van der Waals surface area contributed by atoms with Crippen LogP contribution in [0.3, 0.4) is 0 Å². The van der Waals surface area contributed by atoms with Crippen LogP contribution in [0, 0.1) is 5.92 Å². The van der Waals surface area contributed by atoms with Crippen LogP contribution >= 0.6 is 0 Å². The molecule has 1 fully saturated rings. The first-order valence-electron chi connectivity index (χ1n) is 5.88. The number of hydrogen-bond donors (Lipinski definition) is 3. The van der Waals surface area contributed by atoms with Gasteiger partial charge in [0.25, 0.3) is 0 Å². The van der Waals surface area contributed by atoms with Gasteiger partial charge in [-0.25, -0.2) is 0 Å². The molecule has 1 aliphatic rings. The van der Waals surface area contributed by atoms with Gasteiger partial charge in [-0.1, -0.05) is 12.1 Å². The molecule has 1 aliphatic carbocycles. The van der Waals surface area contributed by atoms with Crippen LogP contribution in [0.5, 0.6) is 5.75 Å². The average molecular weight is 235 g/mol. The number of benzene rings is 1. The van der Waals surface area contributed by atoms with Crippen LogP contribution in [0.4, 0.5) is 0 Å². The molecule has 0 aliphatic heterocycles. The molecule has 17 heavy (non-hydrogen) atoms. The van der Waals surface area contributed by atoms with Crippen LogP contribution in [-0.2, 0) is 11.2 Å². The number of phenols is 1. The second-order valence-corrected chi connectivity index (χ2v) is 4.55. The highest BCUT2D eigenvalue weighted by Crippen LogP contribution is 2.32. The molecule has 1 atom stereocenters. The molecule has 4 nitrogen and oxygen atoms in total. The zero-order valence-corrected chi connectivity index (χ0v) is 9.60. The van der Waals surface area contributed by atoms with Crippen molar-refractivity contribution in [1.29, 1.82) is 0 Å². The van der Waals surface area contributed by atoms with E-state index in [-0.39, 0.29) is 18.1 Å². The third-order valence-electron chi connectivity index (χ3n) is 2.98. The molecular weight excluding hydrogens is 218 g/mol. The Bertz CT molecular complexity index is 384. The van der Waals surface area contributed by atoms with Crippen molar-refractivity contribution in [2.24, 2.45) is 5.92 Å². The minimum Gasteiger partial charge on any atom is -0.508 e. The number of carbonyl (C=O) groups is 1. The Kier molecular flexibility index (Phi) is 3.64. The number of hydrogen-bond acceptors (Lipinski definition) is 3. The predicted molar refractivity (Wildman–Crippen MR) is 63.6 cm³/mol. The highest BCUT2D eigenvalue weighted by molar-refractivity contribution is 5.78. The zero-order chi connectivity index (χ0) is 12.3. The first-order valence-corrected chi connectivity index (χ1v) is 5.88. The SMILES string of the molecule is O=C(Cc1ccc(O)cc1)NCC(O)C1CC1. The second-order valence-electron chi connectivity index (χ2n) is 4.55. The van der Waals surface area contributed by atoms with Crippen LogP contribution in [0.25, 0.3) is 0 Å². The summed E-state index contributed by atoms with van der Waals surface area (Å²) in [5.41, 5.74) is 0.848. The smallest absolute Gasteiger partial charge is 0.224 e. The second kappa shape index (κ2) is 5.19. The highest BCUT2D eigenvalue weighted by Gasteiger charge is 2.29. The molecule has 1 saturated carbocycles. The van der Waals surface area contributed by atoms with E-state index < -0.39 is 6.10 Å². The number of rotatable bonds is 5. The van der Waals surface area contributed by atoms with Crippen molar-refractivity contribution in [2.75, 3.05) is 6.54 Å². The third kappa shape index (κ3) is 3.75. The van der Waals surface area contributed by atoms with E-state index in [0.29, 0.717) is 12.5 Å². The van der Waals surface area contributed by atoms with E-state index in [1.165, 1.54) is 0 Å². The Hall–Kier alpha value is -1.55. The molecule has 0 spiro atoms. The van der Waals surface area contributed by atoms with E-state index in [9.17, 15) is 9.90 Å². The lowest BCUT2D eigenvalue weighted by Gasteiger charge is -2.10. The van der Waals surface area contributed by atoms with E-state index in [4.69, 9.17) is 5.11 Å². The molecule has 0 saturated heterocycles. The van der Waals surface area contributed by atoms with E-state index >= 15 is 0 Å². The van der Waals surface area contributed by atoms with Crippen LogP contribution < -0.4 is 5.32 Å². The maximum atomic E-state index is 11.6. The van der Waals surface area contributed by atoms with Crippen molar-refractivity contribution in [3.05, 3.63) is 29.8 Å². The summed E-state index contributed by atoms with van der Waals surface area (Å²) in [7, 11) is 0. The lowest BCUT2D eigenvalue weighted by atomic mass is 10.1. The molecule has 0 aromatic heterocycles. The molecule has 4 heteroatoms. The summed E-state index contributed by atoms with van der Waals surface area (Å²) in [6.07, 6.45) is 2.00. The van der Waals surface area contributed by atoms with Crippen molar-refractivity contribution >= 4 is 5.91 Å². The Morgan fingerprint density at radius 2 is 2.00 bits per heavy atom. The molecule has 1 aromatic rings. The molecule has 0 bridgehead atoms. The number of nitrogens with one attached hydrogen (secondary N) is 1. The summed E-state index contributed by atoms with van der Waals surface area (Å²) in [4.78, 5) is 11.6. The van der Waals surface area contributed by atoms with Gasteiger partial charge < -0.3 is 15.5 Å². The first-order chi connectivity index (χ1) is 8.15. The molecule has 0 heterocycles. The van der Waals surface area contributed by atoms with Crippen LogP contribution in [0.15, 0.2) is 24.3 Å². The fourth-order valence-corrected chi connectivity index (χ4v) is 1.73. The third-order valence-corrected chi connectivity index (χ3v) is 2.98. The van der Waals surface area contributed by atoms with Crippen molar-refractivity contribution < 1.29 is 15.0 Å². The van der Waals surface area contributed by atoms with E-state index in [0.717, 1.165) is 18.4 Å². The van der Waals surface area contributed by atoms with Gasteiger partial charge >= 0.3 is 0 Å². The summed E-state index contributed by atoms with van der Waals surface area (Å²) in [5, 5.41) is 21.4. The Morgan fingerprint density at radius 3 is 2.59 bits per heavy atom. The van der Waals surface area contributed by atoms with Gasteiger partial charge in [0.1, 0.15) is 5.75 Å². The molecule has 92 valence electrons. The summed E-state index contributed by atoms with van der Waals surface area (Å²) in [5.74, 6) is 0.470. The molecular formula is C13H17NO3. The fourth-order valence-electron chi connectivity index (χ4n) is 1.73. The van der Waals surface area contributed by atoms with Gasteiger partial charge in [-0.3, -0.25) is 4.79 Å². The number of amides is 1. The van der Waals surface area contributed by atoms with Gasteiger partial charge in [0, 0.05) is 6.54 Å². The molecule has 1 aromatic carbocycles. The number of aliphatic hydroxyl groups is 1. The van der Waals surface area contributed by atoms with Gasteiger partial charge in [0.2, 0.25) is 5.91 Å². The van der Waals surface area contributed by atoms with Crippen LogP contribution in [-0.4, -0.2) is 28.8 Å². The van der Waals surface area contributed by atoms with Crippen LogP contribution in [0.2, 0.25) is 0 Å². The monoisotopic (exact) mass is 235 g/mol. The van der Waals surface area contributed by atoms with Crippen molar-refractivity contribution in [2.45, 2.75) is 25.4 Å². The van der Waals surface area contributed by atoms with Crippen LogP contribution in [0.1, 0.15) is 18.4 Å².